The first-order valence-electron chi connectivity index (χ1n) is 6.60. The fourth-order valence-electron chi connectivity index (χ4n) is 2.92. The normalized spacial score (nSPS) is 25.1. The van der Waals surface area contributed by atoms with E-state index in [1.807, 2.05) is 29.6 Å². The summed E-state index contributed by atoms with van der Waals surface area (Å²) >= 11 is 6.80. The van der Waals surface area contributed by atoms with E-state index in [0.717, 1.165) is 23.9 Å². The summed E-state index contributed by atoms with van der Waals surface area (Å²) in [6.45, 7) is 2.11. The number of anilines is 1. The lowest BCUT2D eigenvalue weighted by Crippen LogP contribution is -2.53. The predicted molar refractivity (Wildman–Crippen MR) is 88.1 cm³/mol. The third kappa shape index (κ3) is 2.11. The molecule has 104 valence electrons. The van der Waals surface area contributed by atoms with Crippen molar-refractivity contribution in [3.63, 3.8) is 0 Å². The number of thiocarbonyl (C=S) groups is 1. The number of nitrogens with one attached hydrogen (secondary N) is 1. The molecular weight excluding hydrogens is 288 g/mol. The Morgan fingerprint density at radius 3 is 2.85 bits per heavy atom. The Morgan fingerprint density at radius 1 is 1.45 bits per heavy atom. The molecule has 3 nitrogen and oxygen atoms in total. The summed E-state index contributed by atoms with van der Waals surface area (Å²) in [7, 11) is 0. The predicted octanol–water partition coefficient (Wildman–Crippen LogP) is 3.54. The molecule has 0 spiro atoms. The lowest BCUT2D eigenvalue weighted by Gasteiger charge is -2.44. The largest absolute Gasteiger partial charge is 0.392 e. The van der Waals surface area contributed by atoms with Gasteiger partial charge in [-0.2, -0.15) is 0 Å². The number of amides is 1. The highest BCUT2D eigenvalue weighted by atomic mass is 32.1. The van der Waals surface area contributed by atoms with Crippen molar-refractivity contribution in [3.05, 3.63) is 29.6 Å². The van der Waals surface area contributed by atoms with Crippen LogP contribution in [0.5, 0.6) is 0 Å². The first-order valence-corrected chi connectivity index (χ1v) is 7.89. The van der Waals surface area contributed by atoms with Gasteiger partial charge in [-0.25, -0.2) is 0 Å². The van der Waals surface area contributed by atoms with Gasteiger partial charge in [0.2, 0.25) is 5.91 Å². The zero-order chi connectivity index (χ0) is 14.3. The summed E-state index contributed by atoms with van der Waals surface area (Å²) in [5, 5.41) is 6.15. The molecule has 0 saturated heterocycles. The van der Waals surface area contributed by atoms with Crippen molar-refractivity contribution in [1.29, 1.82) is 0 Å². The quantitative estimate of drug-likeness (QED) is 0.853. The molecule has 1 amide bonds. The number of hydrogen-bond acceptors (Lipinski definition) is 3. The van der Waals surface area contributed by atoms with Crippen LogP contribution in [0.15, 0.2) is 29.6 Å². The molecule has 0 aliphatic heterocycles. The van der Waals surface area contributed by atoms with Gasteiger partial charge in [0.1, 0.15) is 0 Å². The van der Waals surface area contributed by atoms with E-state index in [0.29, 0.717) is 10.9 Å². The van der Waals surface area contributed by atoms with Crippen LogP contribution in [-0.4, -0.2) is 10.9 Å². The third-order valence-electron chi connectivity index (χ3n) is 4.01. The van der Waals surface area contributed by atoms with E-state index in [4.69, 9.17) is 18.0 Å². The zero-order valence-electron chi connectivity index (χ0n) is 11.2. The van der Waals surface area contributed by atoms with Gasteiger partial charge < -0.3 is 11.1 Å². The molecule has 0 radical (unpaired) electrons. The fraction of sp³-hybridized carbons (Fsp3) is 0.333. The van der Waals surface area contributed by atoms with Gasteiger partial charge in [-0.3, -0.25) is 4.79 Å². The van der Waals surface area contributed by atoms with Crippen LogP contribution in [0.3, 0.4) is 0 Å². The second-order valence-corrected chi connectivity index (χ2v) is 6.97. The van der Waals surface area contributed by atoms with Gasteiger partial charge in [0.25, 0.3) is 0 Å². The maximum Gasteiger partial charge on any atom is 0.237 e. The monoisotopic (exact) mass is 304 g/mol. The van der Waals surface area contributed by atoms with E-state index >= 15 is 0 Å². The molecule has 0 unspecified atom stereocenters. The summed E-state index contributed by atoms with van der Waals surface area (Å²) in [6.07, 6.45) is 1.49. The van der Waals surface area contributed by atoms with Crippen molar-refractivity contribution < 1.29 is 4.79 Å². The minimum absolute atomic E-state index is 0.0716. The Hall–Kier alpha value is -1.46. The summed E-state index contributed by atoms with van der Waals surface area (Å²) in [6, 6.07) is 7.97. The summed E-state index contributed by atoms with van der Waals surface area (Å²) in [4.78, 5) is 12.8. The van der Waals surface area contributed by atoms with Crippen LogP contribution in [0.25, 0.3) is 10.1 Å². The van der Waals surface area contributed by atoms with Crippen LogP contribution < -0.4 is 11.1 Å². The third-order valence-corrected chi connectivity index (χ3v) is 5.30. The SMILES string of the molecule is CC1CC(C(=O)Nc2ccc3sccc3c2)(C(N)=S)C1. The molecule has 1 aliphatic rings. The van der Waals surface area contributed by atoms with Crippen LogP contribution in [0.4, 0.5) is 5.69 Å². The summed E-state index contributed by atoms with van der Waals surface area (Å²) < 4.78 is 1.21. The van der Waals surface area contributed by atoms with Gasteiger partial charge in [0, 0.05) is 10.4 Å². The van der Waals surface area contributed by atoms with Crippen LogP contribution in [-0.2, 0) is 4.79 Å². The Balaban J connectivity index is 1.82. The molecule has 1 saturated carbocycles. The molecule has 20 heavy (non-hydrogen) atoms. The van der Waals surface area contributed by atoms with Gasteiger partial charge >= 0.3 is 0 Å². The molecule has 0 bridgehead atoms. The number of thiophene rings is 1. The average molecular weight is 304 g/mol. The molecule has 0 atom stereocenters. The van der Waals surface area contributed by atoms with E-state index in [2.05, 4.69) is 12.2 Å². The van der Waals surface area contributed by atoms with Gasteiger partial charge in [0.15, 0.2) is 0 Å². The van der Waals surface area contributed by atoms with Crippen LogP contribution in [0.1, 0.15) is 19.8 Å². The molecule has 3 rings (SSSR count). The smallest absolute Gasteiger partial charge is 0.237 e. The van der Waals surface area contributed by atoms with Gasteiger partial charge in [0.05, 0.1) is 10.4 Å². The molecule has 5 heteroatoms. The van der Waals surface area contributed by atoms with E-state index in [1.54, 1.807) is 11.3 Å². The topological polar surface area (TPSA) is 55.1 Å². The Bertz CT molecular complexity index is 686. The number of benzene rings is 1. The number of nitrogens with two attached hydrogens (primary N) is 1. The van der Waals surface area contributed by atoms with Crippen LogP contribution >= 0.6 is 23.6 Å². The molecule has 1 aromatic carbocycles. The highest BCUT2D eigenvalue weighted by molar-refractivity contribution is 7.80. The molecule has 1 fully saturated rings. The number of carbonyl (C=O) groups is 1. The van der Waals surface area contributed by atoms with Gasteiger partial charge in [-0.1, -0.05) is 19.1 Å². The average Bonchev–Trinajstić information content (AvgIpc) is 2.81. The maximum absolute atomic E-state index is 12.5. The molecule has 2 aromatic rings. The number of hydrogen-bond donors (Lipinski definition) is 2. The Morgan fingerprint density at radius 2 is 2.20 bits per heavy atom. The van der Waals surface area contributed by atoms with Crippen molar-refractivity contribution in [2.75, 3.05) is 5.32 Å². The minimum Gasteiger partial charge on any atom is -0.392 e. The first kappa shape index (κ1) is 13.5. The van der Waals surface area contributed by atoms with E-state index in [1.165, 1.54) is 4.70 Å². The lowest BCUT2D eigenvalue weighted by molar-refractivity contribution is -0.127. The lowest BCUT2D eigenvalue weighted by atomic mass is 9.62. The van der Waals surface area contributed by atoms with Crippen molar-refractivity contribution in [3.8, 4) is 0 Å². The zero-order valence-corrected chi connectivity index (χ0v) is 12.8. The Kier molecular flexibility index (Phi) is 3.26. The van der Waals surface area contributed by atoms with E-state index in [-0.39, 0.29) is 5.91 Å². The summed E-state index contributed by atoms with van der Waals surface area (Å²) in [5.74, 6) is 0.430. The van der Waals surface area contributed by atoms with Crippen molar-refractivity contribution in [1.82, 2.24) is 0 Å². The second-order valence-electron chi connectivity index (χ2n) is 5.59. The highest BCUT2D eigenvalue weighted by Crippen LogP contribution is 2.46. The second kappa shape index (κ2) is 4.82. The fourth-order valence-corrected chi connectivity index (χ4v) is 3.95. The minimum atomic E-state index is -0.654. The van der Waals surface area contributed by atoms with E-state index < -0.39 is 5.41 Å². The van der Waals surface area contributed by atoms with Crippen LogP contribution in [0.2, 0.25) is 0 Å². The maximum atomic E-state index is 12.5. The first-order chi connectivity index (χ1) is 9.51. The number of carbonyl (C=O) groups excluding carboxylic acids is 1. The molecule has 3 N–H and O–H groups in total. The van der Waals surface area contributed by atoms with Gasteiger partial charge in [-0.05, 0) is 53.8 Å². The molecular formula is C15H16N2OS2. The summed E-state index contributed by atoms with van der Waals surface area (Å²) in [5.41, 5.74) is 5.94. The molecule has 1 aliphatic carbocycles. The van der Waals surface area contributed by atoms with Crippen LogP contribution in [0, 0.1) is 11.3 Å². The van der Waals surface area contributed by atoms with Crippen molar-refractivity contribution in [2.24, 2.45) is 17.1 Å². The van der Waals surface area contributed by atoms with Crippen molar-refractivity contribution >= 4 is 50.2 Å². The molecule has 1 heterocycles. The highest BCUT2D eigenvalue weighted by Gasteiger charge is 2.50. The van der Waals surface area contributed by atoms with E-state index in [9.17, 15) is 4.79 Å². The number of fused-ring (bicyclic) bond motifs is 1. The Labute approximate surface area is 127 Å². The standard InChI is InChI=1S/C15H16N2OS2/c1-9-7-15(8-9,13(16)19)14(18)17-11-2-3-12-10(6-11)4-5-20-12/h2-6,9H,7-8H2,1H3,(H2,16,19)(H,17,18). The molecule has 1 aromatic heterocycles. The van der Waals surface area contributed by atoms with Gasteiger partial charge in [-0.15, -0.1) is 11.3 Å². The van der Waals surface area contributed by atoms with Crippen molar-refractivity contribution in [2.45, 2.75) is 19.8 Å². The number of rotatable bonds is 3.